The SMILES string of the molecule is Cc1ccc(OCCN(C)C(=O)NCC2(c3ccccc3)CC2)cc1. The van der Waals surface area contributed by atoms with Gasteiger partial charge in [0.15, 0.2) is 0 Å². The van der Waals surface area contributed by atoms with E-state index in [9.17, 15) is 4.79 Å². The van der Waals surface area contributed by atoms with Gasteiger partial charge in [0.2, 0.25) is 0 Å². The molecule has 0 aliphatic heterocycles. The van der Waals surface area contributed by atoms with Gasteiger partial charge < -0.3 is 15.0 Å². The van der Waals surface area contributed by atoms with Gasteiger partial charge in [0.25, 0.3) is 0 Å². The highest BCUT2D eigenvalue weighted by Crippen LogP contribution is 2.47. The van der Waals surface area contributed by atoms with E-state index in [1.807, 2.05) is 37.3 Å². The molecular formula is C21H26N2O2. The van der Waals surface area contributed by atoms with E-state index < -0.39 is 0 Å². The van der Waals surface area contributed by atoms with Crippen LogP contribution in [0.3, 0.4) is 0 Å². The van der Waals surface area contributed by atoms with Gasteiger partial charge in [-0.25, -0.2) is 4.79 Å². The van der Waals surface area contributed by atoms with E-state index in [0.29, 0.717) is 19.7 Å². The molecule has 2 amide bonds. The third-order valence-corrected chi connectivity index (χ3v) is 4.88. The van der Waals surface area contributed by atoms with Crippen LogP contribution in [0.25, 0.3) is 0 Å². The molecule has 0 saturated heterocycles. The van der Waals surface area contributed by atoms with Crippen LogP contribution >= 0.6 is 0 Å². The van der Waals surface area contributed by atoms with Gasteiger partial charge in [0.05, 0.1) is 6.54 Å². The van der Waals surface area contributed by atoms with Crippen LogP contribution in [0.5, 0.6) is 5.75 Å². The number of hydrogen-bond donors (Lipinski definition) is 1. The molecule has 1 saturated carbocycles. The van der Waals surface area contributed by atoms with Crippen molar-refractivity contribution in [1.29, 1.82) is 0 Å². The summed E-state index contributed by atoms with van der Waals surface area (Å²) >= 11 is 0. The van der Waals surface area contributed by atoms with Gasteiger partial charge in [-0.3, -0.25) is 0 Å². The largest absolute Gasteiger partial charge is 0.492 e. The van der Waals surface area contributed by atoms with Crippen molar-refractivity contribution >= 4 is 6.03 Å². The van der Waals surface area contributed by atoms with Gasteiger partial charge in [-0.15, -0.1) is 0 Å². The minimum Gasteiger partial charge on any atom is -0.492 e. The van der Waals surface area contributed by atoms with Gasteiger partial charge in [-0.05, 0) is 37.5 Å². The van der Waals surface area contributed by atoms with E-state index in [1.54, 1.807) is 11.9 Å². The summed E-state index contributed by atoms with van der Waals surface area (Å²) in [5, 5.41) is 3.07. The summed E-state index contributed by atoms with van der Waals surface area (Å²) in [6.45, 7) is 3.78. The Labute approximate surface area is 149 Å². The van der Waals surface area contributed by atoms with Crippen molar-refractivity contribution < 1.29 is 9.53 Å². The van der Waals surface area contributed by atoms with Crippen molar-refractivity contribution in [2.75, 3.05) is 26.7 Å². The number of benzene rings is 2. The van der Waals surface area contributed by atoms with E-state index >= 15 is 0 Å². The molecule has 25 heavy (non-hydrogen) atoms. The molecule has 1 fully saturated rings. The van der Waals surface area contributed by atoms with Crippen LogP contribution in [-0.2, 0) is 5.41 Å². The first-order chi connectivity index (χ1) is 12.1. The maximum absolute atomic E-state index is 12.3. The van der Waals surface area contributed by atoms with Crippen LogP contribution in [0.15, 0.2) is 54.6 Å². The van der Waals surface area contributed by atoms with E-state index in [0.717, 1.165) is 18.6 Å². The predicted molar refractivity (Wildman–Crippen MR) is 100 cm³/mol. The van der Waals surface area contributed by atoms with Gasteiger partial charge in [-0.1, -0.05) is 48.0 Å². The van der Waals surface area contributed by atoms with Crippen LogP contribution in [0.2, 0.25) is 0 Å². The molecule has 1 N–H and O–H groups in total. The van der Waals surface area contributed by atoms with Crippen LogP contribution in [0.1, 0.15) is 24.0 Å². The molecule has 4 nitrogen and oxygen atoms in total. The Bertz CT molecular complexity index is 694. The first kappa shape index (κ1) is 17.3. The number of carbonyl (C=O) groups is 1. The molecule has 1 aliphatic rings. The number of ether oxygens (including phenoxy) is 1. The first-order valence-corrected chi connectivity index (χ1v) is 8.83. The highest BCUT2D eigenvalue weighted by atomic mass is 16.5. The standard InChI is InChI=1S/C21H26N2O2/c1-17-8-10-19(11-9-17)25-15-14-23(2)20(24)22-16-21(12-13-21)18-6-4-3-5-7-18/h3-11H,12-16H2,1-2H3,(H,22,24). The second kappa shape index (κ2) is 7.60. The summed E-state index contributed by atoms with van der Waals surface area (Å²) < 4.78 is 5.69. The zero-order chi connectivity index (χ0) is 17.7. The topological polar surface area (TPSA) is 41.6 Å². The number of aryl methyl sites for hydroxylation is 1. The second-order valence-corrected chi connectivity index (χ2v) is 6.89. The van der Waals surface area contributed by atoms with Crippen molar-refractivity contribution in [3.63, 3.8) is 0 Å². The lowest BCUT2D eigenvalue weighted by molar-refractivity contribution is 0.194. The molecule has 4 heteroatoms. The Morgan fingerprint density at radius 3 is 2.44 bits per heavy atom. The smallest absolute Gasteiger partial charge is 0.317 e. The Morgan fingerprint density at radius 2 is 1.80 bits per heavy atom. The Balaban J connectivity index is 1.41. The molecule has 0 atom stereocenters. The highest BCUT2D eigenvalue weighted by Gasteiger charge is 2.44. The monoisotopic (exact) mass is 338 g/mol. The van der Waals surface area contributed by atoms with E-state index in [1.165, 1.54) is 11.1 Å². The van der Waals surface area contributed by atoms with Crippen LogP contribution in [0, 0.1) is 6.92 Å². The quantitative estimate of drug-likeness (QED) is 0.835. The van der Waals surface area contributed by atoms with Crippen LogP contribution in [-0.4, -0.2) is 37.7 Å². The molecule has 0 heterocycles. The predicted octanol–water partition coefficient (Wildman–Crippen LogP) is 3.75. The molecule has 3 rings (SSSR count). The highest BCUT2D eigenvalue weighted by molar-refractivity contribution is 5.74. The molecule has 132 valence electrons. The van der Waals surface area contributed by atoms with Gasteiger partial charge >= 0.3 is 6.03 Å². The van der Waals surface area contributed by atoms with Crippen LogP contribution in [0.4, 0.5) is 4.79 Å². The number of likely N-dealkylation sites (N-methyl/N-ethyl adjacent to an activating group) is 1. The number of nitrogens with zero attached hydrogens (tertiary/aromatic N) is 1. The number of urea groups is 1. The van der Waals surface area contributed by atoms with Crippen molar-refractivity contribution in [3.8, 4) is 5.75 Å². The maximum atomic E-state index is 12.3. The average Bonchev–Trinajstić information content (AvgIpc) is 3.43. The number of carbonyl (C=O) groups excluding carboxylic acids is 1. The zero-order valence-electron chi connectivity index (χ0n) is 15.0. The number of nitrogens with one attached hydrogen (secondary N) is 1. The number of rotatable bonds is 7. The third kappa shape index (κ3) is 4.53. The third-order valence-electron chi connectivity index (χ3n) is 4.88. The van der Waals surface area contributed by atoms with Gasteiger partial charge in [-0.2, -0.15) is 0 Å². The molecule has 0 aromatic heterocycles. The van der Waals surface area contributed by atoms with Crippen LogP contribution < -0.4 is 10.1 Å². The fourth-order valence-corrected chi connectivity index (χ4v) is 2.93. The normalized spacial score (nSPS) is 14.6. The molecule has 2 aromatic carbocycles. The fourth-order valence-electron chi connectivity index (χ4n) is 2.93. The summed E-state index contributed by atoms with van der Waals surface area (Å²) in [5.41, 5.74) is 2.66. The van der Waals surface area contributed by atoms with Gasteiger partial charge in [0.1, 0.15) is 12.4 Å². The van der Waals surface area contributed by atoms with E-state index in [-0.39, 0.29) is 11.4 Å². The Kier molecular flexibility index (Phi) is 5.27. The second-order valence-electron chi connectivity index (χ2n) is 6.89. The molecule has 1 aliphatic carbocycles. The lowest BCUT2D eigenvalue weighted by atomic mass is 9.96. The summed E-state index contributed by atoms with van der Waals surface area (Å²) in [7, 11) is 1.80. The fraction of sp³-hybridized carbons (Fsp3) is 0.381. The molecule has 2 aromatic rings. The average molecular weight is 338 g/mol. The zero-order valence-corrected chi connectivity index (χ0v) is 15.0. The summed E-state index contributed by atoms with van der Waals surface area (Å²) in [6, 6.07) is 18.3. The molecule has 0 radical (unpaired) electrons. The molecule has 0 bridgehead atoms. The lowest BCUT2D eigenvalue weighted by Crippen LogP contribution is -2.42. The van der Waals surface area contributed by atoms with Crippen molar-refractivity contribution in [1.82, 2.24) is 10.2 Å². The van der Waals surface area contributed by atoms with E-state index in [2.05, 4.69) is 29.6 Å². The number of hydrogen-bond acceptors (Lipinski definition) is 2. The molecular weight excluding hydrogens is 312 g/mol. The van der Waals surface area contributed by atoms with Crippen molar-refractivity contribution in [3.05, 3.63) is 65.7 Å². The Hall–Kier alpha value is -2.49. The first-order valence-electron chi connectivity index (χ1n) is 8.83. The van der Waals surface area contributed by atoms with Gasteiger partial charge in [0, 0.05) is 19.0 Å². The summed E-state index contributed by atoms with van der Waals surface area (Å²) in [6.07, 6.45) is 2.27. The number of amides is 2. The molecule has 0 unspecified atom stereocenters. The van der Waals surface area contributed by atoms with E-state index in [4.69, 9.17) is 4.74 Å². The maximum Gasteiger partial charge on any atom is 0.317 e. The summed E-state index contributed by atoms with van der Waals surface area (Å²) in [4.78, 5) is 14.0. The minimum absolute atomic E-state index is 0.0466. The van der Waals surface area contributed by atoms with Crippen molar-refractivity contribution in [2.45, 2.75) is 25.2 Å². The van der Waals surface area contributed by atoms with Crippen molar-refractivity contribution in [2.24, 2.45) is 0 Å². The molecule has 0 spiro atoms. The minimum atomic E-state index is -0.0466. The lowest BCUT2D eigenvalue weighted by Gasteiger charge is -2.21. The Morgan fingerprint density at radius 1 is 1.12 bits per heavy atom. The summed E-state index contributed by atoms with van der Waals surface area (Å²) in [5.74, 6) is 0.834.